The molecular weight excluding hydrogens is 204 g/mol. The zero-order chi connectivity index (χ0) is 8.10. The number of hydrogen-bond acceptors (Lipinski definition) is 4. The van der Waals surface area contributed by atoms with Crippen LogP contribution in [0.5, 0.6) is 0 Å². The lowest BCUT2D eigenvalue weighted by Gasteiger charge is -2.20. The van der Waals surface area contributed by atoms with Crippen LogP contribution in [-0.2, 0) is 9.53 Å². The van der Waals surface area contributed by atoms with E-state index in [2.05, 4.69) is 0 Å². The monoisotopic (exact) mass is 212 g/mol. The highest BCUT2D eigenvalue weighted by Crippen LogP contribution is 2.24. The van der Waals surface area contributed by atoms with Crippen molar-refractivity contribution in [1.82, 2.24) is 0 Å². The predicted octanol–water partition coefficient (Wildman–Crippen LogP) is 1.57. The van der Waals surface area contributed by atoms with Gasteiger partial charge >= 0.3 is 5.97 Å². The third-order valence-electron chi connectivity index (χ3n) is 1.16. The van der Waals surface area contributed by atoms with Crippen LogP contribution >= 0.6 is 35.1 Å². The number of alkyl halides is 1. The van der Waals surface area contributed by atoms with E-state index in [-0.39, 0.29) is 17.3 Å². The first-order valence-electron chi connectivity index (χ1n) is 3.27. The SMILES string of the molecule is O=C(CCl)OC1CSCCS1. The highest BCUT2D eigenvalue weighted by molar-refractivity contribution is 8.06. The third kappa shape index (κ3) is 3.58. The molecule has 1 heterocycles. The van der Waals surface area contributed by atoms with E-state index in [1.807, 2.05) is 11.8 Å². The summed E-state index contributed by atoms with van der Waals surface area (Å²) in [4.78, 5) is 10.7. The number of hydrogen-bond donors (Lipinski definition) is 0. The summed E-state index contributed by atoms with van der Waals surface area (Å²) >= 11 is 8.78. The summed E-state index contributed by atoms with van der Waals surface area (Å²) in [5, 5.41) is 0. The molecule has 0 amide bonds. The van der Waals surface area contributed by atoms with Crippen LogP contribution in [0.1, 0.15) is 0 Å². The van der Waals surface area contributed by atoms with Gasteiger partial charge in [0.15, 0.2) is 5.44 Å². The summed E-state index contributed by atoms with van der Waals surface area (Å²) in [6, 6.07) is 0. The number of thioether (sulfide) groups is 2. The molecule has 0 aromatic heterocycles. The minimum absolute atomic E-state index is 0.0278. The van der Waals surface area contributed by atoms with Gasteiger partial charge in [0.25, 0.3) is 0 Å². The van der Waals surface area contributed by atoms with Gasteiger partial charge in [0, 0.05) is 17.3 Å². The van der Waals surface area contributed by atoms with Crippen molar-refractivity contribution >= 4 is 41.1 Å². The molecule has 1 aliphatic rings. The third-order valence-corrected chi connectivity index (χ3v) is 3.95. The number of carbonyl (C=O) groups is 1. The lowest BCUT2D eigenvalue weighted by Crippen LogP contribution is -2.21. The Hall–Kier alpha value is 0.460. The van der Waals surface area contributed by atoms with Crippen LogP contribution in [0.15, 0.2) is 0 Å². The lowest BCUT2D eigenvalue weighted by atomic mass is 10.7. The first kappa shape index (κ1) is 9.55. The highest BCUT2D eigenvalue weighted by Gasteiger charge is 2.17. The molecule has 1 saturated heterocycles. The van der Waals surface area contributed by atoms with Crippen molar-refractivity contribution in [2.45, 2.75) is 5.44 Å². The standard InChI is InChI=1S/C6H9ClO2S2/c7-3-5(8)9-6-4-10-1-2-11-6/h6H,1-4H2. The van der Waals surface area contributed by atoms with E-state index in [0.29, 0.717) is 0 Å². The van der Waals surface area contributed by atoms with E-state index in [1.54, 1.807) is 11.8 Å². The molecule has 0 aliphatic carbocycles. The first-order valence-corrected chi connectivity index (χ1v) is 6.01. The topological polar surface area (TPSA) is 26.3 Å². The summed E-state index contributed by atoms with van der Waals surface area (Å²) in [7, 11) is 0. The summed E-state index contributed by atoms with van der Waals surface area (Å²) < 4.78 is 5.01. The Labute approximate surface area is 79.4 Å². The molecule has 0 bridgehead atoms. The van der Waals surface area contributed by atoms with Crippen molar-refractivity contribution in [1.29, 1.82) is 0 Å². The molecule has 0 spiro atoms. The molecule has 0 radical (unpaired) electrons. The molecule has 1 aliphatic heterocycles. The Bertz CT molecular complexity index is 137. The van der Waals surface area contributed by atoms with Crippen molar-refractivity contribution in [2.24, 2.45) is 0 Å². The van der Waals surface area contributed by atoms with Crippen LogP contribution in [0.2, 0.25) is 0 Å². The van der Waals surface area contributed by atoms with Gasteiger partial charge in [-0.25, -0.2) is 0 Å². The van der Waals surface area contributed by atoms with Gasteiger partial charge in [-0.1, -0.05) is 0 Å². The molecule has 0 aromatic carbocycles. The number of esters is 1. The number of rotatable bonds is 2. The Morgan fingerprint density at radius 3 is 3.00 bits per heavy atom. The molecule has 1 unspecified atom stereocenters. The molecular formula is C6H9ClO2S2. The van der Waals surface area contributed by atoms with E-state index in [1.165, 1.54) is 0 Å². The molecule has 0 N–H and O–H groups in total. The van der Waals surface area contributed by atoms with Crippen LogP contribution in [0, 0.1) is 0 Å². The van der Waals surface area contributed by atoms with Gasteiger partial charge in [-0.3, -0.25) is 4.79 Å². The van der Waals surface area contributed by atoms with E-state index < -0.39 is 0 Å². The minimum atomic E-state index is -0.313. The summed E-state index contributed by atoms with van der Waals surface area (Å²) in [6.45, 7) is 0. The second kappa shape index (κ2) is 5.17. The summed E-state index contributed by atoms with van der Waals surface area (Å²) in [6.07, 6.45) is 0. The predicted molar refractivity (Wildman–Crippen MR) is 50.4 cm³/mol. The Morgan fingerprint density at radius 1 is 1.64 bits per heavy atom. The molecule has 11 heavy (non-hydrogen) atoms. The van der Waals surface area contributed by atoms with Gasteiger partial charge in [-0.2, -0.15) is 11.8 Å². The molecule has 1 atom stereocenters. The van der Waals surface area contributed by atoms with Crippen LogP contribution in [0.4, 0.5) is 0 Å². The second-order valence-corrected chi connectivity index (χ2v) is 4.68. The Balaban J connectivity index is 2.19. The van der Waals surface area contributed by atoms with Gasteiger partial charge in [0.2, 0.25) is 0 Å². The van der Waals surface area contributed by atoms with Crippen LogP contribution in [0.3, 0.4) is 0 Å². The number of carbonyl (C=O) groups excluding carboxylic acids is 1. The number of halogens is 1. The van der Waals surface area contributed by atoms with Crippen molar-refractivity contribution in [3.05, 3.63) is 0 Å². The maximum atomic E-state index is 10.7. The first-order chi connectivity index (χ1) is 5.33. The van der Waals surface area contributed by atoms with Gasteiger partial charge < -0.3 is 4.74 Å². The minimum Gasteiger partial charge on any atom is -0.449 e. The maximum absolute atomic E-state index is 10.7. The highest BCUT2D eigenvalue weighted by atomic mass is 35.5. The largest absolute Gasteiger partial charge is 0.449 e. The van der Waals surface area contributed by atoms with Gasteiger partial charge in [-0.05, 0) is 0 Å². The molecule has 1 rings (SSSR count). The van der Waals surface area contributed by atoms with Gasteiger partial charge in [-0.15, -0.1) is 23.4 Å². The summed E-state index contributed by atoms with van der Waals surface area (Å²) in [5.74, 6) is 2.76. The zero-order valence-electron chi connectivity index (χ0n) is 5.92. The fourth-order valence-corrected chi connectivity index (χ4v) is 3.17. The lowest BCUT2D eigenvalue weighted by molar-refractivity contribution is -0.141. The zero-order valence-corrected chi connectivity index (χ0v) is 8.31. The van der Waals surface area contributed by atoms with Crippen LogP contribution in [0.25, 0.3) is 0 Å². The van der Waals surface area contributed by atoms with Crippen molar-refractivity contribution in [3.8, 4) is 0 Å². The normalized spacial score (nSPS) is 24.6. The molecule has 2 nitrogen and oxygen atoms in total. The Kier molecular flexibility index (Phi) is 4.48. The quantitative estimate of drug-likeness (QED) is 0.513. The fourth-order valence-electron chi connectivity index (χ4n) is 0.712. The average Bonchev–Trinajstić information content (AvgIpc) is 2.06. The van der Waals surface area contributed by atoms with E-state index in [0.717, 1.165) is 17.3 Å². The fraction of sp³-hybridized carbons (Fsp3) is 0.833. The van der Waals surface area contributed by atoms with Crippen molar-refractivity contribution in [3.63, 3.8) is 0 Å². The van der Waals surface area contributed by atoms with E-state index in [9.17, 15) is 4.79 Å². The summed E-state index contributed by atoms with van der Waals surface area (Å²) in [5.41, 5.74) is 0.0278. The van der Waals surface area contributed by atoms with E-state index >= 15 is 0 Å². The molecule has 0 saturated carbocycles. The van der Waals surface area contributed by atoms with Crippen molar-refractivity contribution < 1.29 is 9.53 Å². The molecule has 1 fully saturated rings. The van der Waals surface area contributed by atoms with Crippen molar-refractivity contribution in [2.75, 3.05) is 23.1 Å². The molecule has 64 valence electrons. The maximum Gasteiger partial charge on any atom is 0.322 e. The average molecular weight is 213 g/mol. The van der Waals surface area contributed by atoms with Gasteiger partial charge in [0.05, 0.1) is 0 Å². The van der Waals surface area contributed by atoms with Crippen LogP contribution < -0.4 is 0 Å². The second-order valence-electron chi connectivity index (χ2n) is 2.00. The van der Waals surface area contributed by atoms with E-state index in [4.69, 9.17) is 16.3 Å². The molecule has 5 heteroatoms. The number of ether oxygens (including phenoxy) is 1. The smallest absolute Gasteiger partial charge is 0.322 e. The van der Waals surface area contributed by atoms with Crippen LogP contribution in [-0.4, -0.2) is 34.5 Å². The van der Waals surface area contributed by atoms with Gasteiger partial charge in [0.1, 0.15) is 5.88 Å². The molecule has 0 aromatic rings. The Morgan fingerprint density at radius 2 is 2.45 bits per heavy atom.